The Labute approximate surface area is 164 Å². The molecule has 0 atom stereocenters. The van der Waals surface area contributed by atoms with E-state index in [0.717, 1.165) is 52.9 Å². The van der Waals surface area contributed by atoms with E-state index in [1.807, 2.05) is 23.1 Å². The highest BCUT2D eigenvalue weighted by atomic mass is 35.5. The lowest BCUT2D eigenvalue weighted by Gasteiger charge is -2.38. The Morgan fingerprint density at radius 3 is 2.46 bits per heavy atom. The molecule has 0 radical (unpaired) electrons. The maximum absolute atomic E-state index is 12.7. The molecule has 4 rings (SSSR count). The van der Waals surface area contributed by atoms with Crippen LogP contribution in [0.3, 0.4) is 0 Å². The molecule has 138 valence electrons. The van der Waals surface area contributed by atoms with Crippen LogP contribution < -0.4 is 0 Å². The standard InChI is InChI=1S/C21H25ClN2OS/c22-18-9-3-5-16-6-4-10-19(21(16)18)26-15-20(25)24-13-11-23(12-14-24)17-7-1-2-8-17/h3-6,9-10,17H,1-2,7-8,11-15H2. The highest BCUT2D eigenvalue weighted by Gasteiger charge is 2.27. The van der Waals surface area contributed by atoms with Gasteiger partial charge in [-0.05, 0) is 30.4 Å². The van der Waals surface area contributed by atoms with Gasteiger partial charge >= 0.3 is 0 Å². The Bertz CT molecular complexity index is 777. The molecule has 0 unspecified atom stereocenters. The normalized spacial score (nSPS) is 19.3. The van der Waals surface area contributed by atoms with Gasteiger partial charge in [0.25, 0.3) is 0 Å². The van der Waals surface area contributed by atoms with Crippen LogP contribution in [0, 0.1) is 0 Å². The molecule has 2 aromatic rings. The van der Waals surface area contributed by atoms with Gasteiger partial charge in [-0.2, -0.15) is 0 Å². The summed E-state index contributed by atoms with van der Waals surface area (Å²) in [6.07, 6.45) is 5.42. The number of piperazine rings is 1. The van der Waals surface area contributed by atoms with Crippen molar-refractivity contribution in [2.75, 3.05) is 31.9 Å². The van der Waals surface area contributed by atoms with Crippen LogP contribution in [0.25, 0.3) is 10.8 Å². The Morgan fingerprint density at radius 2 is 1.73 bits per heavy atom. The van der Waals surface area contributed by atoms with Crippen LogP contribution >= 0.6 is 23.4 Å². The van der Waals surface area contributed by atoms with Crippen LogP contribution in [0.15, 0.2) is 41.3 Å². The van der Waals surface area contributed by atoms with Crippen LogP contribution in [-0.2, 0) is 4.79 Å². The number of fused-ring (bicyclic) bond motifs is 1. The van der Waals surface area contributed by atoms with E-state index in [4.69, 9.17) is 11.6 Å². The summed E-state index contributed by atoms with van der Waals surface area (Å²) in [5, 5.41) is 2.93. The van der Waals surface area contributed by atoms with Crippen LogP contribution in [0.2, 0.25) is 5.02 Å². The van der Waals surface area contributed by atoms with Crippen LogP contribution in [0.5, 0.6) is 0 Å². The fourth-order valence-corrected chi connectivity index (χ4v) is 5.57. The van der Waals surface area contributed by atoms with E-state index < -0.39 is 0 Å². The molecule has 2 fully saturated rings. The van der Waals surface area contributed by atoms with E-state index in [2.05, 4.69) is 23.1 Å². The average molecular weight is 389 g/mol. The van der Waals surface area contributed by atoms with Crippen LogP contribution in [-0.4, -0.2) is 53.7 Å². The first-order chi connectivity index (χ1) is 12.7. The smallest absolute Gasteiger partial charge is 0.233 e. The van der Waals surface area contributed by atoms with Gasteiger partial charge in [-0.1, -0.05) is 48.7 Å². The predicted molar refractivity (Wildman–Crippen MR) is 110 cm³/mol. The van der Waals surface area contributed by atoms with Crippen LogP contribution in [0.4, 0.5) is 0 Å². The van der Waals surface area contributed by atoms with Gasteiger partial charge in [0.1, 0.15) is 0 Å². The lowest BCUT2D eigenvalue weighted by molar-refractivity contribution is -0.130. The number of benzene rings is 2. The zero-order chi connectivity index (χ0) is 17.9. The summed E-state index contributed by atoms with van der Waals surface area (Å²) in [6.45, 7) is 3.79. The van der Waals surface area contributed by atoms with Crippen molar-refractivity contribution in [1.29, 1.82) is 0 Å². The first-order valence-corrected chi connectivity index (χ1v) is 10.9. The molecule has 0 aromatic heterocycles. The second-order valence-electron chi connectivity index (χ2n) is 7.24. The summed E-state index contributed by atoms with van der Waals surface area (Å²) in [5.41, 5.74) is 0. The number of rotatable bonds is 4. The van der Waals surface area contributed by atoms with E-state index in [0.29, 0.717) is 5.75 Å². The number of amides is 1. The maximum atomic E-state index is 12.7. The van der Waals surface area contributed by atoms with Gasteiger partial charge in [0, 0.05) is 47.5 Å². The third-order valence-electron chi connectivity index (χ3n) is 5.67. The molecule has 1 aliphatic heterocycles. The van der Waals surface area contributed by atoms with Crippen molar-refractivity contribution in [3.63, 3.8) is 0 Å². The molecule has 0 spiro atoms. The van der Waals surface area contributed by atoms with E-state index in [1.165, 1.54) is 25.7 Å². The molecule has 1 aliphatic carbocycles. The Hall–Kier alpha value is -1.23. The minimum atomic E-state index is 0.241. The molecule has 1 amide bonds. The number of hydrogen-bond donors (Lipinski definition) is 0. The molecule has 1 saturated heterocycles. The second-order valence-corrected chi connectivity index (χ2v) is 8.66. The summed E-state index contributed by atoms with van der Waals surface area (Å²) < 4.78 is 0. The number of carbonyl (C=O) groups is 1. The van der Waals surface area contributed by atoms with E-state index in [1.54, 1.807) is 11.8 Å². The van der Waals surface area contributed by atoms with Crippen molar-refractivity contribution in [3.05, 3.63) is 41.4 Å². The molecule has 5 heteroatoms. The predicted octanol–water partition coefficient (Wildman–Crippen LogP) is 4.67. The van der Waals surface area contributed by atoms with Gasteiger partial charge < -0.3 is 4.90 Å². The fourth-order valence-electron chi connectivity index (χ4n) is 4.22. The zero-order valence-electron chi connectivity index (χ0n) is 15.0. The highest BCUT2D eigenvalue weighted by molar-refractivity contribution is 8.00. The first kappa shape index (κ1) is 18.1. The monoisotopic (exact) mass is 388 g/mol. The molecule has 26 heavy (non-hydrogen) atoms. The molecular formula is C21H25ClN2OS. The van der Waals surface area contributed by atoms with Crippen LogP contribution in [0.1, 0.15) is 25.7 Å². The molecule has 0 bridgehead atoms. The molecule has 3 nitrogen and oxygen atoms in total. The number of halogens is 1. The minimum absolute atomic E-state index is 0.241. The summed E-state index contributed by atoms with van der Waals surface area (Å²) in [5.74, 6) is 0.721. The lowest BCUT2D eigenvalue weighted by Crippen LogP contribution is -2.51. The number of nitrogens with zero attached hydrogens (tertiary/aromatic N) is 2. The van der Waals surface area contributed by atoms with Gasteiger partial charge in [0.2, 0.25) is 5.91 Å². The van der Waals surface area contributed by atoms with E-state index in [9.17, 15) is 4.79 Å². The maximum Gasteiger partial charge on any atom is 0.233 e. The highest BCUT2D eigenvalue weighted by Crippen LogP contribution is 2.33. The van der Waals surface area contributed by atoms with Crippen molar-refractivity contribution < 1.29 is 4.79 Å². The van der Waals surface area contributed by atoms with Crippen molar-refractivity contribution >= 4 is 40.0 Å². The van der Waals surface area contributed by atoms with Gasteiger partial charge in [-0.25, -0.2) is 0 Å². The van der Waals surface area contributed by atoms with Gasteiger partial charge in [-0.15, -0.1) is 11.8 Å². The minimum Gasteiger partial charge on any atom is -0.339 e. The van der Waals surface area contributed by atoms with Gasteiger partial charge in [-0.3, -0.25) is 9.69 Å². The lowest BCUT2D eigenvalue weighted by atomic mass is 10.1. The summed E-state index contributed by atoms with van der Waals surface area (Å²) in [4.78, 5) is 18.4. The third-order valence-corrected chi connectivity index (χ3v) is 7.03. The van der Waals surface area contributed by atoms with E-state index in [-0.39, 0.29) is 5.91 Å². The number of hydrogen-bond acceptors (Lipinski definition) is 3. The molecule has 1 heterocycles. The van der Waals surface area contributed by atoms with Gasteiger partial charge in [0.05, 0.1) is 5.75 Å². The van der Waals surface area contributed by atoms with Crippen molar-refractivity contribution in [1.82, 2.24) is 9.80 Å². The molecule has 2 aromatic carbocycles. The number of carbonyl (C=O) groups excluding carboxylic acids is 1. The molecule has 0 N–H and O–H groups in total. The van der Waals surface area contributed by atoms with E-state index >= 15 is 0 Å². The topological polar surface area (TPSA) is 23.6 Å². The summed E-state index contributed by atoms with van der Waals surface area (Å²) in [7, 11) is 0. The fraction of sp³-hybridized carbons (Fsp3) is 0.476. The quantitative estimate of drug-likeness (QED) is 0.711. The number of thioether (sulfide) groups is 1. The molecule has 1 saturated carbocycles. The second kappa shape index (κ2) is 8.20. The average Bonchev–Trinajstić information content (AvgIpc) is 3.21. The Balaban J connectivity index is 1.35. The Morgan fingerprint density at radius 1 is 1.04 bits per heavy atom. The van der Waals surface area contributed by atoms with Crippen molar-refractivity contribution in [2.45, 2.75) is 36.6 Å². The zero-order valence-corrected chi connectivity index (χ0v) is 16.6. The SMILES string of the molecule is O=C(CSc1cccc2cccc(Cl)c12)N1CCN(C2CCCC2)CC1. The Kier molecular flexibility index (Phi) is 5.72. The third kappa shape index (κ3) is 3.88. The molecule has 2 aliphatic rings. The first-order valence-electron chi connectivity index (χ1n) is 9.54. The summed E-state index contributed by atoms with van der Waals surface area (Å²) in [6, 6.07) is 12.9. The summed E-state index contributed by atoms with van der Waals surface area (Å²) >= 11 is 7.99. The molecular weight excluding hydrogens is 364 g/mol. The van der Waals surface area contributed by atoms with Gasteiger partial charge in [0.15, 0.2) is 0 Å². The largest absolute Gasteiger partial charge is 0.339 e. The van der Waals surface area contributed by atoms with Crippen molar-refractivity contribution in [2.24, 2.45) is 0 Å². The van der Waals surface area contributed by atoms with Crippen molar-refractivity contribution in [3.8, 4) is 0 Å².